The second-order valence-corrected chi connectivity index (χ2v) is 10.0. The van der Waals surface area contributed by atoms with Crippen molar-refractivity contribution >= 4 is 16.8 Å². The Labute approximate surface area is 178 Å². The summed E-state index contributed by atoms with van der Waals surface area (Å²) in [7, 11) is 1.64. The molecule has 1 saturated heterocycles. The van der Waals surface area contributed by atoms with Crippen LogP contribution in [0, 0.1) is 22.7 Å². The normalized spacial score (nSPS) is 34.1. The highest BCUT2D eigenvalue weighted by atomic mass is 16.5. The number of ether oxygens (including phenoxy) is 2. The van der Waals surface area contributed by atoms with E-state index in [1.165, 1.54) is 18.4 Å². The largest absolute Gasteiger partial charge is 0.384 e. The van der Waals surface area contributed by atoms with E-state index in [4.69, 9.17) is 9.47 Å². The summed E-state index contributed by atoms with van der Waals surface area (Å²) >= 11 is 0. The molecule has 2 aromatic rings. The molecular weight excluding hydrogens is 376 g/mol. The van der Waals surface area contributed by atoms with Gasteiger partial charge in [0.15, 0.2) is 0 Å². The fourth-order valence-corrected chi connectivity index (χ4v) is 6.82. The summed E-state index contributed by atoms with van der Waals surface area (Å²) in [6, 6.07) is 10.8. The average Bonchev–Trinajstić information content (AvgIpc) is 3.24. The molecule has 1 N–H and O–H groups in total. The molecule has 1 unspecified atom stereocenters. The zero-order chi connectivity index (χ0) is 20.9. The molecule has 1 aromatic carbocycles. The summed E-state index contributed by atoms with van der Waals surface area (Å²) in [6.07, 6.45) is 5.73. The molecule has 1 spiro atoms. The van der Waals surface area contributed by atoms with Crippen LogP contribution in [0.3, 0.4) is 0 Å². The van der Waals surface area contributed by atoms with Crippen LogP contribution in [0.25, 0.3) is 10.9 Å². The fraction of sp³-hybridized carbons (Fsp3) is 0.600. The molecule has 1 amide bonds. The molecule has 160 valence electrons. The van der Waals surface area contributed by atoms with Gasteiger partial charge in [-0.25, -0.2) is 0 Å². The molecule has 2 saturated carbocycles. The van der Waals surface area contributed by atoms with Crippen molar-refractivity contribution in [1.29, 1.82) is 0 Å². The standard InChI is InChI=1S/C25H32N2O3/c1-24(2)18-14-19-22(17-6-7-20-16(13-17)5-4-10-26-20)30-12-9-25(19,15-18)23(24)27-21(28)8-11-29-3/h4-7,10,13,18-19,22-23H,8-9,11-12,14-15H2,1-3H3,(H,27,28)/t18-,19-,22-,23-,25?/m1/s1. The van der Waals surface area contributed by atoms with E-state index in [1.54, 1.807) is 7.11 Å². The minimum Gasteiger partial charge on any atom is -0.384 e. The Morgan fingerprint density at radius 3 is 3.03 bits per heavy atom. The average molecular weight is 409 g/mol. The number of rotatable bonds is 5. The summed E-state index contributed by atoms with van der Waals surface area (Å²) in [5.74, 6) is 1.16. The lowest BCUT2D eigenvalue weighted by atomic mass is 9.58. The van der Waals surface area contributed by atoms with Gasteiger partial charge in [0.1, 0.15) is 0 Å². The Morgan fingerprint density at radius 2 is 2.20 bits per heavy atom. The Morgan fingerprint density at radius 1 is 1.33 bits per heavy atom. The molecule has 5 heteroatoms. The molecule has 1 aromatic heterocycles. The molecule has 0 radical (unpaired) electrons. The Balaban J connectivity index is 1.47. The number of hydrogen-bond donors (Lipinski definition) is 1. The number of aromatic nitrogens is 1. The van der Waals surface area contributed by atoms with Crippen LogP contribution in [0.5, 0.6) is 0 Å². The first-order valence-electron chi connectivity index (χ1n) is 11.2. The summed E-state index contributed by atoms with van der Waals surface area (Å²) < 4.78 is 11.5. The lowest BCUT2D eigenvalue weighted by molar-refractivity contribution is -0.137. The van der Waals surface area contributed by atoms with Crippen molar-refractivity contribution in [2.45, 2.75) is 51.7 Å². The third-order valence-electron chi connectivity index (χ3n) is 8.30. The maximum atomic E-state index is 12.7. The van der Waals surface area contributed by atoms with Crippen molar-refractivity contribution in [3.8, 4) is 0 Å². The lowest BCUT2D eigenvalue weighted by Crippen LogP contribution is -2.59. The lowest BCUT2D eigenvalue weighted by Gasteiger charge is -2.53. The van der Waals surface area contributed by atoms with Gasteiger partial charge in [0.05, 0.1) is 18.2 Å². The van der Waals surface area contributed by atoms with Crippen LogP contribution in [-0.4, -0.2) is 37.3 Å². The topological polar surface area (TPSA) is 60.5 Å². The van der Waals surface area contributed by atoms with Gasteiger partial charge in [-0.2, -0.15) is 0 Å². The van der Waals surface area contributed by atoms with E-state index in [9.17, 15) is 4.79 Å². The van der Waals surface area contributed by atoms with Crippen LogP contribution in [0.15, 0.2) is 36.5 Å². The number of nitrogens with one attached hydrogen (secondary N) is 1. The number of carbonyl (C=O) groups excluding carboxylic acids is 1. The molecule has 2 aliphatic carbocycles. The summed E-state index contributed by atoms with van der Waals surface area (Å²) in [5, 5.41) is 4.60. The fourth-order valence-electron chi connectivity index (χ4n) is 6.82. The molecule has 5 nitrogen and oxygen atoms in total. The van der Waals surface area contributed by atoms with Gasteiger partial charge in [-0.3, -0.25) is 9.78 Å². The molecule has 3 fully saturated rings. The number of carbonyl (C=O) groups is 1. The summed E-state index contributed by atoms with van der Waals surface area (Å²) in [6.45, 7) is 5.90. The van der Waals surface area contributed by atoms with Crippen LogP contribution >= 0.6 is 0 Å². The van der Waals surface area contributed by atoms with E-state index in [1.807, 2.05) is 12.3 Å². The van der Waals surface area contributed by atoms with E-state index in [0.717, 1.165) is 23.9 Å². The minimum absolute atomic E-state index is 0.0860. The highest BCUT2D eigenvalue weighted by Gasteiger charge is 2.68. The molecular formula is C25H32N2O3. The SMILES string of the molecule is COCCC(=O)N[C@@H]1C(C)(C)[C@@H]2C[C@@H]3[C@@H](c4ccc5ncccc5c4)OCCC31C2. The van der Waals surface area contributed by atoms with Crippen molar-refractivity contribution < 1.29 is 14.3 Å². The highest BCUT2D eigenvalue weighted by Crippen LogP contribution is 2.70. The van der Waals surface area contributed by atoms with Crippen molar-refractivity contribution in [2.24, 2.45) is 22.7 Å². The quantitative estimate of drug-likeness (QED) is 0.803. The van der Waals surface area contributed by atoms with Gasteiger partial charge < -0.3 is 14.8 Å². The first-order valence-corrected chi connectivity index (χ1v) is 11.2. The van der Waals surface area contributed by atoms with Gasteiger partial charge in [0, 0.05) is 37.8 Å². The third-order valence-corrected chi connectivity index (χ3v) is 8.30. The van der Waals surface area contributed by atoms with Gasteiger partial charge in [0.25, 0.3) is 0 Å². The van der Waals surface area contributed by atoms with E-state index in [0.29, 0.717) is 24.9 Å². The third kappa shape index (κ3) is 2.97. The molecule has 30 heavy (non-hydrogen) atoms. The van der Waals surface area contributed by atoms with Crippen LogP contribution in [-0.2, 0) is 14.3 Å². The minimum atomic E-state index is 0.0860. The van der Waals surface area contributed by atoms with Gasteiger partial charge in [0.2, 0.25) is 5.91 Å². The summed E-state index contributed by atoms with van der Waals surface area (Å²) in [5.41, 5.74) is 2.48. The van der Waals surface area contributed by atoms with Crippen LogP contribution in [0.2, 0.25) is 0 Å². The van der Waals surface area contributed by atoms with Gasteiger partial charge in [-0.1, -0.05) is 26.0 Å². The second kappa shape index (κ2) is 7.31. The highest BCUT2D eigenvalue weighted by molar-refractivity contribution is 5.79. The predicted octanol–water partition coefficient (Wildman–Crippen LogP) is 4.27. The number of hydrogen-bond acceptors (Lipinski definition) is 4. The van der Waals surface area contributed by atoms with Gasteiger partial charge in [-0.15, -0.1) is 0 Å². The van der Waals surface area contributed by atoms with Crippen molar-refractivity contribution in [3.63, 3.8) is 0 Å². The van der Waals surface area contributed by atoms with Crippen molar-refractivity contribution in [1.82, 2.24) is 10.3 Å². The van der Waals surface area contributed by atoms with E-state index < -0.39 is 0 Å². The van der Waals surface area contributed by atoms with Crippen LogP contribution < -0.4 is 5.32 Å². The number of pyridine rings is 1. The predicted molar refractivity (Wildman–Crippen MR) is 116 cm³/mol. The van der Waals surface area contributed by atoms with Crippen LogP contribution in [0.1, 0.15) is 51.2 Å². The number of fused-ring (bicyclic) bond motifs is 2. The first kappa shape index (κ1) is 20.0. The Kier molecular flexibility index (Phi) is 4.86. The van der Waals surface area contributed by atoms with E-state index in [-0.39, 0.29) is 28.9 Å². The van der Waals surface area contributed by atoms with E-state index in [2.05, 4.69) is 48.4 Å². The molecule has 2 bridgehead atoms. The zero-order valence-electron chi connectivity index (χ0n) is 18.2. The second-order valence-electron chi connectivity index (χ2n) is 10.0. The number of benzene rings is 1. The Hall–Kier alpha value is -1.98. The summed E-state index contributed by atoms with van der Waals surface area (Å²) in [4.78, 5) is 17.1. The Bertz CT molecular complexity index is 958. The molecule has 5 rings (SSSR count). The monoisotopic (exact) mass is 408 g/mol. The van der Waals surface area contributed by atoms with Gasteiger partial charge in [-0.05, 0) is 65.7 Å². The number of methoxy groups -OCH3 is 1. The first-order chi connectivity index (χ1) is 14.5. The van der Waals surface area contributed by atoms with Crippen LogP contribution in [0.4, 0.5) is 0 Å². The van der Waals surface area contributed by atoms with Gasteiger partial charge >= 0.3 is 0 Å². The maximum absolute atomic E-state index is 12.7. The maximum Gasteiger partial charge on any atom is 0.222 e. The van der Waals surface area contributed by atoms with Crippen molar-refractivity contribution in [3.05, 3.63) is 42.1 Å². The molecule has 1 aliphatic heterocycles. The number of amides is 1. The zero-order valence-corrected chi connectivity index (χ0v) is 18.2. The molecule has 2 heterocycles. The number of nitrogens with zero attached hydrogens (tertiary/aromatic N) is 1. The smallest absolute Gasteiger partial charge is 0.222 e. The molecule has 5 atom stereocenters. The molecule has 3 aliphatic rings. The van der Waals surface area contributed by atoms with E-state index >= 15 is 0 Å². The van der Waals surface area contributed by atoms with Crippen molar-refractivity contribution in [2.75, 3.05) is 20.3 Å².